The maximum atomic E-state index is 2.67. The summed E-state index contributed by atoms with van der Waals surface area (Å²) < 4.78 is 0. The van der Waals surface area contributed by atoms with E-state index in [1.807, 2.05) is 0 Å². The molecule has 3 saturated carbocycles. The molecule has 3 fully saturated rings. The lowest BCUT2D eigenvalue weighted by Gasteiger charge is -2.64. The van der Waals surface area contributed by atoms with Crippen LogP contribution >= 0.6 is 0 Å². The van der Waals surface area contributed by atoms with Crippen LogP contribution in [0.1, 0.15) is 85.5 Å². The van der Waals surface area contributed by atoms with Crippen molar-refractivity contribution >= 4 is 0 Å². The number of hydrogen-bond donors (Lipinski definition) is 0. The molecule has 0 aromatic rings. The van der Waals surface area contributed by atoms with Gasteiger partial charge in [-0.15, -0.1) is 0 Å². The van der Waals surface area contributed by atoms with Gasteiger partial charge in [-0.2, -0.15) is 0 Å². The third kappa shape index (κ3) is 1.70. The van der Waals surface area contributed by atoms with Gasteiger partial charge in [0, 0.05) is 0 Å². The molecular weight excluding hydrogens is 216 g/mol. The molecule has 0 radical (unpaired) electrons. The minimum atomic E-state index is 0.603. The molecule has 0 spiro atoms. The van der Waals surface area contributed by atoms with Gasteiger partial charge in [0.15, 0.2) is 0 Å². The molecule has 0 heteroatoms. The van der Waals surface area contributed by atoms with Gasteiger partial charge in [-0.05, 0) is 66.6 Å². The minimum Gasteiger partial charge on any atom is -0.0596 e. The zero-order chi connectivity index (χ0) is 13.0. The highest BCUT2D eigenvalue weighted by molar-refractivity contribution is 5.07. The van der Waals surface area contributed by atoms with Crippen LogP contribution in [0.4, 0.5) is 0 Å². The van der Waals surface area contributed by atoms with E-state index in [-0.39, 0.29) is 0 Å². The molecule has 3 aliphatic carbocycles. The van der Waals surface area contributed by atoms with E-state index in [1.165, 1.54) is 57.8 Å². The molecule has 0 N–H and O–H groups in total. The first-order valence-electron chi connectivity index (χ1n) is 8.39. The zero-order valence-electron chi connectivity index (χ0n) is 13.0. The number of rotatable bonds is 0. The molecule has 0 nitrogen and oxygen atoms in total. The van der Waals surface area contributed by atoms with E-state index in [1.54, 1.807) is 0 Å². The summed E-state index contributed by atoms with van der Waals surface area (Å²) in [5.74, 6) is 2.02. The Kier molecular flexibility index (Phi) is 2.89. The maximum absolute atomic E-state index is 2.67. The molecule has 0 aromatic heterocycles. The molecule has 0 heterocycles. The number of fused-ring (bicyclic) bond motifs is 3. The van der Waals surface area contributed by atoms with Crippen molar-refractivity contribution in [2.75, 3.05) is 0 Å². The van der Waals surface area contributed by atoms with E-state index >= 15 is 0 Å². The molecule has 3 aliphatic rings. The highest BCUT2D eigenvalue weighted by atomic mass is 14.6. The molecule has 0 aromatic carbocycles. The zero-order valence-corrected chi connectivity index (χ0v) is 13.0. The standard InChI is InChI=1S/C18H32/c1-16(2)10-7-12-18(4)14(16)9-13-17(3)11-6-5-8-15(17)18/h14-15H,5-13H2,1-4H3/t14-,15-,17+,18-/m0/s1. The average molecular weight is 248 g/mol. The van der Waals surface area contributed by atoms with Gasteiger partial charge in [-0.1, -0.05) is 47.0 Å². The molecule has 0 saturated heterocycles. The third-order valence-electron chi connectivity index (χ3n) is 7.41. The maximum Gasteiger partial charge on any atom is -0.0259 e. The summed E-state index contributed by atoms with van der Waals surface area (Å²) in [6.45, 7) is 10.4. The summed E-state index contributed by atoms with van der Waals surface area (Å²) in [6.07, 6.45) is 13.5. The van der Waals surface area contributed by atoms with Crippen LogP contribution in [0.5, 0.6) is 0 Å². The predicted molar refractivity (Wildman–Crippen MR) is 78.5 cm³/mol. The molecule has 0 aliphatic heterocycles. The Bertz CT molecular complexity index is 329. The first-order valence-corrected chi connectivity index (χ1v) is 8.39. The van der Waals surface area contributed by atoms with Crippen LogP contribution in [-0.2, 0) is 0 Å². The Morgan fingerprint density at radius 3 is 2.22 bits per heavy atom. The molecule has 0 amide bonds. The van der Waals surface area contributed by atoms with Gasteiger partial charge in [0.2, 0.25) is 0 Å². The first kappa shape index (κ1) is 13.0. The van der Waals surface area contributed by atoms with Gasteiger partial charge in [0.05, 0.1) is 0 Å². The van der Waals surface area contributed by atoms with Crippen molar-refractivity contribution in [2.45, 2.75) is 85.5 Å². The quantitative estimate of drug-likeness (QED) is 0.507. The summed E-state index contributed by atoms with van der Waals surface area (Å²) in [5.41, 5.74) is 1.96. The van der Waals surface area contributed by atoms with E-state index in [0.29, 0.717) is 16.2 Å². The Balaban J connectivity index is 1.96. The summed E-state index contributed by atoms with van der Waals surface area (Å²) in [5, 5.41) is 0. The van der Waals surface area contributed by atoms with Gasteiger partial charge in [-0.25, -0.2) is 0 Å². The molecule has 0 unspecified atom stereocenters. The Morgan fingerprint density at radius 2 is 1.44 bits per heavy atom. The smallest absolute Gasteiger partial charge is 0.0259 e. The monoisotopic (exact) mass is 248 g/mol. The van der Waals surface area contributed by atoms with Crippen LogP contribution in [0, 0.1) is 28.1 Å². The second-order valence-electron chi connectivity index (χ2n) is 8.89. The SMILES string of the molecule is CC1(C)CCC[C@@]2(C)[C@H]1CC[C@@]1(C)CCCC[C@@H]12. The van der Waals surface area contributed by atoms with Gasteiger partial charge in [0.1, 0.15) is 0 Å². The predicted octanol–water partition coefficient (Wildman–Crippen LogP) is 5.81. The fourth-order valence-corrected chi connectivity index (χ4v) is 6.60. The van der Waals surface area contributed by atoms with E-state index in [0.717, 1.165) is 11.8 Å². The topological polar surface area (TPSA) is 0 Å². The van der Waals surface area contributed by atoms with E-state index < -0.39 is 0 Å². The molecular formula is C18H32. The Hall–Kier alpha value is 0. The van der Waals surface area contributed by atoms with Gasteiger partial charge in [0.25, 0.3) is 0 Å². The summed E-state index contributed by atoms with van der Waals surface area (Å²) in [6, 6.07) is 0. The Morgan fingerprint density at radius 1 is 0.667 bits per heavy atom. The lowest BCUT2D eigenvalue weighted by molar-refractivity contribution is -0.143. The second kappa shape index (κ2) is 4.00. The molecule has 3 rings (SSSR count). The Labute approximate surface area is 114 Å². The fraction of sp³-hybridized carbons (Fsp3) is 1.00. The van der Waals surface area contributed by atoms with Gasteiger partial charge >= 0.3 is 0 Å². The van der Waals surface area contributed by atoms with Crippen molar-refractivity contribution in [3.63, 3.8) is 0 Å². The highest BCUT2D eigenvalue weighted by Crippen LogP contribution is 2.67. The van der Waals surface area contributed by atoms with Crippen molar-refractivity contribution < 1.29 is 0 Å². The van der Waals surface area contributed by atoms with Crippen LogP contribution in [-0.4, -0.2) is 0 Å². The van der Waals surface area contributed by atoms with Crippen molar-refractivity contribution in [3.05, 3.63) is 0 Å². The van der Waals surface area contributed by atoms with Crippen molar-refractivity contribution in [1.29, 1.82) is 0 Å². The van der Waals surface area contributed by atoms with Crippen molar-refractivity contribution in [2.24, 2.45) is 28.1 Å². The van der Waals surface area contributed by atoms with Crippen LogP contribution in [0.25, 0.3) is 0 Å². The molecule has 4 atom stereocenters. The van der Waals surface area contributed by atoms with Crippen molar-refractivity contribution in [3.8, 4) is 0 Å². The lowest BCUT2D eigenvalue weighted by Crippen LogP contribution is -2.55. The molecule has 18 heavy (non-hydrogen) atoms. The molecule has 104 valence electrons. The van der Waals surface area contributed by atoms with E-state index in [2.05, 4.69) is 27.7 Å². The largest absolute Gasteiger partial charge is 0.0596 e. The minimum absolute atomic E-state index is 0.603. The summed E-state index contributed by atoms with van der Waals surface area (Å²) in [7, 11) is 0. The fourth-order valence-electron chi connectivity index (χ4n) is 6.60. The van der Waals surface area contributed by atoms with Crippen molar-refractivity contribution in [1.82, 2.24) is 0 Å². The lowest BCUT2D eigenvalue weighted by atomic mass is 9.41. The van der Waals surface area contributed by atoms with Crippen LogP contribution in [0.15, 0.2) is 0 Å². The third-order valence-corrected chi connectivity index (χ3v) is 7.41. The van der Waals surface area contributed by atoms with E-state index in [4.69, 9.17) is 0 Å². The second-order valence-corrected chi connectivity index (χ2v) is 8.89. The summed E-state index contributed by atoms with van der Waals surface area (Å²) in [4.78, 5) is 0. The van der Waals surface area contributed by atoms with Crippen LogP contribution < -0.4 is 0 Å². The molecule has 0 bridgehead atoms. The average Bonchev–Trinajstić information content (AvgIpc) is 2.27. The first-order chi connectivity index (χ1) is 8.39. The normalized spacial score (nSPS) is 51.3. The van der Waals surface area contributed by atoms with Gasteiger partial charge < -0.3 is 0 Å². The van der Waals surface area contributed by atoms with E-state index in [9.17, 15) is 0 Å². The summed E-state index contributed by atoms with van der Waals surface area (Å²) >= 11 is 0. The van der Waals surface area contributed by atoms with Crippen LogP contribution in [0.3, 0.4) is 0 Å². The van der Waals surface area contributed by atoms with Gasteiger partial charge in [-0.3, -0.25) is 0 Å². The highest BCUT2D eigenvalue weighted by Gasteiger charge is 2.58. The van der Waals surface area contributed by atoms with Crippen LogP contribution in [0.2, 0.25) is 0 Å². The number of hydrogen-bond acceptors (Lipinski definition) is 0.